The number of aromatic nitrogens is 1. The number of nitrogens with zero attached hydrogens (tertiary/aromatic N) is 1. The highest BCUT2D eigenvalue weighted by atomic mass is 32.1. The lowest BCUT2D eigenvalue weighted by atomic mass is 9.78. The zero-order chi connectivity index (χ0) is 26.5. The van der Waals surface area contributed by atoms with E-state index in [0.29, 0.717) is 0 Å². The molecule has 0 aliphatic carbocycles. The van der Waals surface area contributed by atoms with E-state index in [4.69, 9.17) is 9.31 Å². The van der Waals surface area contributed by atoms with Crippen molar-refractivity contribution in [1.82, 2.24) is 4.57 Å². The van der Waals surface area contributed by atoms with Gasteiger partial charge in [-0.3, -0.25) is 0 Å². The van der Waals surface area contributed by atoms with Gasteiger partial charge in [-0.05, 0) is 86.4 Å². The van der Waals surface area contributed by atoms with E-state index in [1.807, 2.05) is 11.3 Å². The molecule has 0 spiro atoms. The topological polar surface area (TPSA) is 23.4 Å². The van der Waals surface area contributed by atoms with Crippen LogP contribution in [0.15, 0.2) is 97.1 Å². The molecule has 7 aromatic rings. The van der Waals surface area contributed by atoms with E-state index in [9.17, 15) is 0 Å². The number of benzene rings is 5. The zero-order valence-corrected chi connectivity index (χ0v) is 23.3. The van der Waals surface area contributed by atoms with Crippen molar-refractivity contribution in [3.05, 3.63) is 97.1 Å². The minimum Gasteiger partial charge on any atom is -0.399 e. The summed E-state index contributed by atoms with van der Waals surface area (Å²) in [6.07, 6.45) is 0. The van der Waals surface area contributed by atoms with Gasteiger partial charge in [0.1, 0.15) is 0 Å². The van der Waals surface area contributed by atoms with Crippen LogP contribution in [0.5, 0.6) is 0 Å². The summed E-state index contributed by atoms with van der Waals surface area (Å²) in [6.45, 7) is 8.42. The lowest BCUT2D eigenvalue weighted by Crippen LogP contribution is -2.41. The first-order chi connectivity index (χ1) is 18.8. The Bertz CT molecular complexity index is 2090. The van der Waals surface area contributed by atoms with E-state index in [0.717, 1.165) is 5.46 Å². The summed E-state index contributed by atoms with van der Waals surface area (Å²) in [5.41, 5.74) is 3.84. The second kappa shape index (κ2) is 7.95. The van der Waals surface area contributed by atoms with E-state index in [1.165, 1.54) is 58.4 Å². The predicted octanol–water partition coefficient (Wildman–Crippen LogP) is 8.60. The first-order valence-corrected chi connectivity index (χ1v) is 14.3. The molecule has 5 heteroatoms. The zero-order valence-electron chi connectivity index (χ0n) is 22.5. The Labute approximate surface area is 231 Å². The average Bonchev–Trinajstić information content (AvgIpc) is 3.52. The van der Waals surface area contributed by atoms with Crippen molar-refractivity contribution < 1.29 is 9.31 Å². The first-order valence-electron chi connectivity index (χ1n) is 13.5. The quantitative estimate of drug-likeness (QED) is 0.211. The Morgan fingerprint density at radius 2 is 1.26 bits per heavy atom. The monoisotopic (exact) mass is 525 g/mol. The van der Waals surface area contributed by atoms with Crippen LogP contribution in [0.25, 0.3) is 58.4 Å². The van der Waals surface area contributed by atoms with E-state index >= 15 is 0 Å². The molecule has 1 aliphatic rings. The van der Waals surface area contributed by atoms with Crippen LogP contribution in [0, 0.1) is 0 Å². The van der Waals surface area contributed by atoms with Crippen LogP contribution in [0.4, 0.5) is 0 Å². The van der Waals surface area contributed by atoms with Crippen molar-refractivity contribution in [2.45, 2.75) is 38.9 Å². The maximum Gasteiger partial charge on any atom is 0.494 e. The SMILES string of the molecule is CC1(C)OB(c2ccc3c(c2)c2cc4ccccc4cc2n3-c2ccc3sc4ccccc4c3c2)OC1(C)C. The number of fused-ring (bicyclic) bond motifs is 7. The Kier molecular flexibility index (Phi) is 4.74. The van der Waals surface area contributed by atoms with Gasteiger partial charge < -0.3 is 13.9 Å². The van der Waals surface area contributed by atoms with Crippen molar-refractivity contribution in [3.63, 3.8) is 0 Å². The lowest BCUT2D eigenvalue weighted by molar-refractivity contribution is 0.00578. The van der Waals surface area contributed by atoms with Gasteiger partial charge in [0.25, 0.3) is 0 Å². The number of rotatable bonds is 2. The molecule has 5 aromatic carbocycles. The summed E-state index contributed by atoms with van der Waals surface area (Å²) in [5, 5.41) is 7.54. The van der Waals surface area contributed by atoms with Gasteiger partial charge >= 0.3 is 7.12 Å². The van der Waals surface area contributed by atoms with Crippen LogP contribution in [0.3, 0.4) is 0 Å². The summed E-state index contributed by atoms with van der Waals surface area (Å²) < 4.78 is 17.9. The summed E-state index contributed by atoms with van der Waals surface area (Å²) in [7, 11) is -0.397. The molecule has 0 atom stereocenters. The fraction of sp³-hybridized carbons (Fsp3) is 0.176. The second-order valence-electron chi connectivity index (χ2n) is 11.7. The van der Waals surface area contributed by atoms with Crippen molar-refractivity contribution in [3.8, 4) is 5.69 Å². The molecule has 0 radical (unpaired) electrons. The molecule has 1 fully saturated rings. The summed E-state index contributed by atoms with van der Waals surface area (Å²) in [5.74, 6) is 0. The van der Waals surface area contributed by atoms with Gasteiger partial charge in [-0.25, -0.2) is 0 Å². The van der Waals surface area contributed by atoms with E-state index in [1.54, 1.807) is 0 Å². The van der Waals surface area contributed by atoms with Gasteiger partial charge in [0.15, 0.2) is 0 Å². The van der Waals surface area contributed by atoms with Crippen LogP contribution in [0.1, 0.15) is 27.7 Å². The molecule has 39 heavy (non-hydrogen) atoms. The summed E-state index contributed by atoms with van der Waals surface area (Å²) in [6, 6.07) is 35.5. The van der Waals surface area contributed by atoms with Crippen LogP contribution < -0.4 is 5.46 Å². The normalized spacial score (nSPS) is 16.9. The van der Waals surface area contributed by atoms with Gasteiger partial charge in [0, 0.05) is 36.6 Å². The van der Waals surface area contributed by atoms with Gasteiger partial charge in [0.05, 0.1) is 22.2 Å². The molecular weight excluding hydrogens is 497 g/mol. The molecule has 2 aromatic heterocycles. The molecule has 0 N–H and O–H groups in total. The highest BCUT2D eigenvalue weighted by Crippen LogP contribution is 2.40. The number of thiophene rings is 1. The molecule has 3 nitrogen and oxygen atoms in total. The van der Waals surface area contributed by atoms with E-state index in [2.05, 4.69) is 129 Å². The van der Waals surface area contributed by atoms with Crippen molar-refractivity contribution in [2.75, 3.05) is 0 Å². The highest BCUT2D eigenvalue weighted by Gasteiger charge is 2.51. The largest absolute Gasteiger partial charge is 0.494 e. The van der Waals surface area contributed by atoms with Crippen LogP contribution in [0.2, 0.25) is 0 Å². The third kappa shape index (κ3) is 3.37. The third-order valence-electron chi connectivity index (χ3n) is 8.80. The smallest absolute Gasteiger partial charge is 0.399 e. The Morgan fingerprint density at radius 3 is 2.05 bits per heavy atom. The maximum absolute atomic E-state index is 6.43. The minimum atomic E-state index is -0.397. The fourth-order valence-electron chi connectivity index (χ4n) is 5.98. The molecule has 0 unspecified atom stereocenters. The Balaban J connectivity index is 1.40. The van der Waals surface area contributed by atoms with Crippen LogP contribution >= 0.6 is 11.3 Å². The molecule has 0 bridgehead atoms. The maximum atomic E-state index is 6.43. The molecule has 3 heterocycles. The lowest BCUT2D eigenvalue weighted by Gasteiger charge is -2.32. The van der Waals surface area contributed by atoms with Crippen LogP contribution in [-0.4, -0.2) is 22.9 Å². The summed E-state index contributed by atoms with van der Waals surface area (Å²) in [4.78, 5) is 0. The van der Waals surface area contributed by atoms with Gasteiger partial charge in [-0.1, -0.05) is 54.6 Å². The standard InChI is InChI=1S/C34H28BNO2S/c1-33(2)34(3,4)38-35(37-33)23-13-15-29-27(19-23)26-17-21-9-5-6-10-22(21)18-30(26)36(29)24-14-16-32-28(20-24)25-11-7-8-12-31(25)39-32/h5-20H,1-4H3. The third-order valence-corrected chi connectivity index (χ3v) is 9.95. The fourth-order valence-corrected chi connectivity index (χ4v) is 7.07. The molecule has 0 saturated carbocycles. The first kappa shape index (κ1) is 23.3. The Morgan fingerprint density at radius 1 is 0.590 bits per heavy atom. The van der Waals surface area contributed by atoms with Crippen molar-refractivity contribution >= 4 is 76.7 Å². The Hall–Kier alpha value is -3.64. The number of hydrogen-bond acceptors (Lipinski definition) is 3. The van der Waals surface area contributed by atoms with Crippen molar-refractivity contribution in [1.29, 1.82) is 0 Å². The molecule has 1 saturated heterocycles. The van der Waals surface area contributed by atoms with E-state index < -0.39 is 7.12 Å². The van der Waals surface area contributed by atoms with E-state index in [-0.39, 0.29) is 11.2 Å². The second-order valence-corrected chi connectivity index (χ2v) is 12.8. The highest BCUT2D eigenvalue weighted by molar-refractivity contribution is 7.25. The molecule has 8 rings (SSSR count). The van der Waals surface area contributed by atoms with Gasteiger partial charge in [-0.15, -0.1) is 11.3 Å². The molecule has 0 amide bonds. The van der Waals surface area contributed by atoms with Gasteiger partial charge in [0.2, 0.25) is 0 Å². The summed E-state index contributed by atoms with van der Waals surface area (Å²) >= 11 is 1.86. The molecule has 1 aliphatic heterocycles. The number of hydrogen-bond donors (Lipinski definition) is 0. The molecule has 190 valence electrons. The van der Waals surface area contributed by atoms with Gasteiger partial charge in [-0.2, -0.15) is 0 Å². The molecular formula is C34H28BNO2S. The minimum absolute atomic E-state index is 0.379. The van der Waals surface area contributed by atoms with Crippen molar-refractivity contribution in [2.24, 2.45) is 0 Å². The predicted molar refractivity (Wildman–Crippen MR) is 167 cm³/mol. The average molecular weight is 525 g/mol. The van der Waals surface area contributed by atoms with Crippen LogP contribution in [-0.2, 0) is 9.31 Å².